The van der Waals surface area contributed by atoms with Crippen molar-refractivity contribution in [1.82, 2.24) is 0 Å². The molecule has 2 aromatic rings. The van der Waals surface area contributed by atoms with Crippen LogP contribution in [-0.4, -0.2) is 27.4 Å². The summed E-state index contributed by atoms with van der Waals surface area (Å²) in [5, 5.41) is 0. The van der Waals surface area contributed by atoms with E-state index in [9.17, 15) is 0 Å². The molecule has 24 heavy (non-hydrogen) atoms. The number of rotatable bonds is 9. The van der Waals surface area contributed by atoms with Crippen molar-refractivity contribution in [2.75, 3.05) is 27.4 Å². The predicted molar refractivity (Wildman–Crippen MR) is 95.7 cm³/mol. The summed E-state index contributed by atoms with van der Waals surface area (Å²) < 4.78 is 22.0. The lowest BCUT2D eigenvalue weighted by atomic mass is 10.2. The molecule has 0 atom stereocenters. The van der Waals surface area contributed by atoms with Crippen molar-refractivity contribution in [3.63, 3.8) is 0 Å². The second-order valence-electron chi connectivity index (χ2n) is 5.67. The van der Waals surface area contributed by atoms with Crippen LogP contribution in [0.2, 0.25) is 0 Å². The third-order valence-corrected chi connectivity index (χ3v) is 3.82. The van der Waals surface area contributed by atoms with Gasteiger partial charge in [0.05, 0.1) is 27.4 Å². The molecule has 130 valence electrons. The molecular weight excluding hydrogens is 304 g/mol. The van der Waals surface area contributed by atoms with Crippen LogP contribution in [0, 0.1) is 13.8 Å². The summed E-state index contributed by atoms with van der Waals surface area (Å²) >= 11 is 0. The zero-order valence-electron chi connectivity index (χ0n) is 14.9. The first kappa shape index (κ1) is 18.0. The number of methoxy groups -OCH3 is 2. The van der Waals surface area contributed by atoms with Crippen LogP contribution in [0.4, 0.5) is 0 Å². The topological polar surface area (TPSA) is 36.9 Å². The Morgan fingerprint density at radius 2 is 1.08 bits per heavy atom. The van der Waals surface area contributed by atoms with Crippen molar-refractivity contribution in [3.05, 3.63) is 47.5 Å². The minimum absolute atomic E-state index is 0.679. The Morgan fingerprint density at radius 3 is 1.42 bits per heavy atom. The van der Waals surface area contributed by atoms with E-state index in [2.05, 4.69) is 0 Å². The fourth-order valence-corrected chi connectivity index (χ4v) is 2.39. The number of unbranched alkanes of at least 4 members (excludes halogenated alkanes) is 1. The molecule has 0 aliphatic heterocycles. The molecule has 0 unspecified atom stereocenters. The fraction of sp³-hybridized carbons (Fsp3) is 0.400. The Kier molecular flexibility index (Phi) is 6.79. The normalized spacial score (nSPS) is 10.3. The average molecular weight is 330 g/mol. The highest BCUT2D eigenvalue weighted by molar-refractivity contribution is 5.40. The molecule has 0 heterocycles. The lowest BCUT2D eigenvalue weighted by Crippen LogP contribution is -2.04. The van der Waals surface area contributed by atoms with Crippen LogP contribution in [0.15, 0.2) is 36.4 Å². The maximum atomic E-state index is 5.81. The molecule has 0 saturated carbocycles. The molecular formula is C20H26O4. The average Bonchev–Trinajstić information content (AvgIpc) is 2.60. The van der Waals surface area contributed by atoms with Gasteiger partial charge in [-0.25, -0.2) is 0 Å². The lowest BCUT2D eigenvalue weighted by molar-refractivity contribution is 0.264. The van der Waals surface area contributed by atoms with E-state index in [0.717, 1.165) is 47.0 Å². The number of hydrogen-bond acceptors (Lipinski definition) is 4. The smallest absolute Gasteiger partial charge is 0.122 e. The van der Waals surface area contributed by atoms with Gasteiger partial charge in [0.2, 0.25) is 0 Å². The molecule has 2 rings (SSSR count). The summed E-state index contributed by atoms with van der Waals surface area (Å²) in [4.78, 5) is 0. The van der Waals surface area contributed by atoms with Gasteiger partial charge in [-0.15, -0.1) is 0 Å². The second kappa shape index (κ2) is 9.06. The van der Waals surface area contributed by atoms with Crippen molar-refractivity contribution < 1.29 is 18.9 Å². The monoisotopic (exact) mass is 330 g/mol. The van der Waals surface area contributed by atoms with Crippen molar-refractivity contribution in [2.45, 2.75) is 26.7 Å². The van der Waals surface area contributed by atoms with Crippen molar-refractivity contribution in [2.24, 2.45) is 0 Å². The fourth-order valence-electron chi connectivity index (χ4n) is 2.39. The molecule has 2 aromatic carbocycles. The summed E-state index contributed by atoms with van der Waals surface area (Å²) in [7, 11) is 3.33. The molecule has 0 N–H and O–H groups in total. The molecule has 0 amide bonds. The highest BCUT2D eigenvalue weighted by Crippen LogP contribution is 2.24. The number of hydrogen-bond donors (Lipinski definition) is 0. The minimum Gasteiger partial charge on any atom is -0.497 e. The van der Waals surface area contributed by atoms with Gasteiger partial charge < -0.3 is 18.9 Å². The Hall–Kier alpha value is -2.36. The van der Waals surface area contributed by atoms with E-state index < -0.39 is 0 Å². The molecule has 0 aliphatic rings. The van der Waals surface area contributed by atoms with Gasteiger partial charge in [-0.1, -0.05) is 0 Å². The third-order valence-electron chi connectivity index (χ3n) is 3.82. The third kappa shape index (κ3) is 5.08. The Bertz CT molecular complexity index is 595. The second-order valence-corrected chi connectivity index (χ2v) is 5.67. The van der Waals surface area contributed by atoms with Crippen LogP contribution in [-0.2, 0) is 0 Å². The molecule has 0 aliphatic carbocycles. The highest BCUT2D eigenvalue weighted by Gasteiger charge is 2.03. The van der Waals surface area contributed by atoms with Crippen LogP contribution in [0.25, 0.3) is 0 Å². The van der Waals surface area contributed by atoms with E-state index in [1.165, 1.54) is 0 Å². The summed E-state index contributed by atoms with van der Waals surface area (Å²) in [5.41, 5.74) is 2.17. The van der Waals surface area contributed by atoms with Crippen molar-refractivity contribution >= 4 is 0 Å². The molecule has 0 saturated heterocycles. The van der Waals surface area contributed by atoms with Gasteiger partial charge in [0.25, 0.3) is 0 Å². The maximum Gasteiger partial charge on any atom is 0.122 e. The summed E-state index contributed by atoms with van der Waals surface area (Å²) in [6, 6.07) is 11.7. The van der Waals surface area contributed by atoms with E-state index in [0.29, 0.717) is 13.2 Å². The lowest BCUT2D eigenvalue weighted by Gasteiger charge is -2.12. The first-order chi connectivity index (χ1) is 11.6. The molecule has 0 radical (unpaired) electrons. The van der Waals surface area contributed by atoms with Gasteiger partial charge in [-0.2, -0.15) is 0 Å². The van der Waals surface area contributed by atoms with Gasteiger partial charge in [0, 0.05) is 0 Å². The Labute approximate surface area is 144 Å². The molecule has 0 spiro atoms. The zero-order chi connectivity index (χ0) is 17.4. The molecule has 0 aromatic heterocycles. The standard InChI is InChI=1S/C20H26O4/c1-15-13-17(21-3)7-9-19(15)23-11-5-6-12-24-20-10-8-18(22-4)14-16(20)2/h7-10,13-14H,5-6,11-12H2,1-4H3. The number of ether oxygens (including phenoxy) is 4. The van der Waals surface area contributed by atoms with E-state index in [-0.39, 0.29) is 0 Å². The molecule has 4 heteroatoms. The summed E-state index contributed by atoms with van der Waals surface area (Å²) in [6.45, 7) is 5.40. The van der Waals surface area contributed by atoms with Gasteiger partial charge >= 0.3 is 0 Å². The van der Waals surface area contributed by atoms with Crippen LogP contribution in [0.5, 0.6) is 23.0 Å². The Balaban J connectivity index is 1.68. The summed E-state index contributed by atoms with van der Waals surface area (Å²) in [5.74, 6) is 3.51. The van der Waals surface area contributed by atoms with Crippen LogP contribution in [0.1, 0.15) is 24.0 Å². The first-order valence-electron chi connectivity index (χ1n) is 8.19. The van der Waals surface area contributed by atoms with Gasteiger partial charge in [-0.3, -0.25) is 0 Å². The molecule has 0 fully saturated rings. The van der Waals surface area contributed by atoms with Gasteiger partial charge in [-0.05, 0) is 74.2 Å². The van der Waals surface area contributed by atoms with Gasteiger partial charge in [0.1, 0.15) is 23.0 Å². The van der Waals surface area contributed by atoms with Crippen molar-refractivity contribution in [1.29, 1.82) is 0 Å². The number of benzene rings is 2. The predicted octanol–water partition coefficient (Wildman–Crippen LogP) is 4.56. The van der Waals surface area contributed by atoms with Crippen LogP contribution in [0.3, 0.4) is 0 Å². The molecule has 4 nitrogen and oxygen atoms in total. The van der Waals surface area contributed by atoms with E-state index in [1.807, 2.05) is 50.2 Å². The quantitative estimate of drug-likeness (QED) is 0.632. The SMILES string of the molecule is COc1ccc(OCCCCOc2ccc(OC)cc2C)c(C)c1. The van der Waals surface area contributed by atoms with E-state index >= 15 is 0 Å². The summed E-state index contributed by atoms with van der Waals surface area (Å²) in [6.07, 6.45) is 1.89. The maximum absolute atomic E-state index is 5.81. The Morgan fingerprint density at radius 1 is 0.667 bits per heavy atom. The molecule has 0 bridgehead atoms. The largest absolute Gasteiger partial charge is 0.497 e. The first-order valence-corrected chi connectivity index (χ1v) is 8.19. The zero-order valence-corrected chi connectivity index (χ0v) is 14.9. The van der Waals surface area contributed by atoms with Crippen molar-refractivity contribution in [3.8, 4) is 23.0 Å². The van der Waals surface area contributed by atoms with E-state index in [1.54, 1.807) is 14.2 Å². The van der Waals surface area contributed by atoms with Gasteiger partial charge in [0.15, 0.2) is 0 Å². The minimum atomic E-state index is 0.679. The van der Waals surface area contributed by atoms with Crippen LogP contribution >= 0.6 is 0 Å². The highest BCUT2D eigenvalue weighted by atomic mass is 16.5. The van der Waals surface area contributed by atoms with Crippen LogP contribution < -0.4 is 18.9 Å². The van der Waals surface area contributed by atoms with E-state index in [4.69, 9.17) is 18.9 Å². The number of aryl methyl sites for hydroxylation is 2.